The molecule has 1 heterocycles. The summed E-state index contributed by atoms with van der Waals surface area (Å²) in [6.07, 6.45) is 0. The molecule has 4 rings (SSSR count). The zero-order valence-corrected chi connectivity index (χ0v) is 17.3. The molecule has 3 aromatic carbocycles. The van der Waals surface area contributed by atoms with Crippen molar-refractivity contribution >= 4 is 38.3 Å². The maximum absolute atomic E-state index is 12.9. The van der Waals surface area contributed by atoms with E-state index in [1.165, 1.54) is 4.68 Å². The first-order chi connectivity index (χ1) is 14.0. The Morgan fingerprint density at radius 1 is 0.966 bits per heavy atom. The van der Waals surface area contributed by atoms with Gasteiger partial charge in [0.25, 0.3) is 5.56 Å². The Bertz CT molecular complexity index is 1250. The van der Waals surface area contributed by atoms with Crippen LogP contribution in [-0.2, 0) is 11.3 Å². The van der Waals surface area contributed by atoms with Crippen LogP contribution in [0, 0.1) is 6.92 Å². The average Bonchev–Trinajstić information content (AvgIpc) is 2.73. The molecule has 0 unspecified atom stereocenters. The fourth-order valence-electron chi connectivity index (χ4n) is 3.14. The molecule has 0 spiro atoms. The molecule has 0 bridgehead atoms. The number of hydrogen-bond acceptors (Lipinski definition) is 3. The number of halogens is 1. The van der Waals surface area contributed by atoms with Crippen LogP contribution in [0.25, 0.3) is 22.0 Å². The average molecular weight is 448 g/mol. The Labute approximate surface area is 176 Å². The molecule has 5 nitrogen and oxygen atoms in total. The number of carbonyl (C=O) groups excluding carboxylic acids is 1. The normalized spacial score (nSPS) is 10.8. The summed E-state index contributed by atoms with van der Waals surface area (Å²) in [6.45, 7) is 1.81. The molecule has 144 valence electrons. The second-order valence-corrected chi connectivity index (χ2v) is 7.69. The molecular weight excluding hydrogens is 430 g/mol. The van der Waals surface area contributed by atoms with E-state index in [2.05, 4.69) is 26.3 Å². The third kappa shape index (κ3) is 4.12. The highest BCUT2D eigenvalue weighted by Crippen LogP contribution is 2.26. The second-order valence-electron chi connectivity index (χ2n) is 6.78. The van der Waals surface area contributed by atoms with Gasteiger partial charge in [-0.25, -0.2) is 4.68 Å². The van der Waals surface area contributed by atoms with Crippen molar-refractivity contribution in [3.63, 3.8) is 0 Å². The maximum Gasteiger partial charge on any atom is 0.275 e. The van der Waals surface area contributed by atoms with Crippen molar-refractivity contribution in [2.45, 2.75) is 13.5 Å². The van der Waals surface area contributed by atoms with E-state index >= 15 is 0 Å². The van der Waals surface area contributed by atoms with Crippen LogP contribution in [0.3, 0.4) is 0 Å². The second kappa shape index (κ2) is 8.01. The molecule has 0 aliphatic rings. The van der Waals surface area contributed by atoms with Gasteiger partial charge in [-0.15, -0.1) is 0 Å². The van der Waals surface area contributed by atoms with Gasteiger partial charge in [-0.3, -0.25) is 9.59 Å². The number of aryl methyl sites for hydroxylation is 1. The summed E-state index contributed by atoms with van der Waals surface area (Å²) in [4.78, 5) is 25.4. The zero-order valence-electron chi connectivity index (χ0n) is 15.7. The first-order valence-electron chi connectivity index (χ1n) is 9.13. The minimum Gasteiger partial charge on any atom is -0.324 e. The van der Waals surface area contributed by atoms with Crippen molar-refractivity contribution in [2.75, 3.05) is 5.32 Å². The smallest absolute Gasteiger partial charge is 0.275 e. The van der Waals surface area contributed by atoms with E-state index in [1.54, 1.807) is 6.07 Å². The summed E-state index contributed by atoms with van der Waals surface area (Å²) in [5.74, 6) is -0.305. The molecule has 0 fully saturated rings. The van der Waals surface area contributed by atoms with Crippen molar-refractivity contribution in [1.82, 2.24) is 9.78 Å². The van der Waals surface area contributed by atoms with Gasteiger partial charge in [-0.05, 0) is 37.3 Å². The zero-order chi connectivity index (χ0) is 20.4. The van der Waals surface area contributed by atoms with Gasteiger partial charge < -0.3 is 5.32 Å². The minimum absolute atomic E-state index is 0.166. The summed E-state index contributed by atoms with van der Waals surface area (Å²) < 4.78 is 2.18. The van der Waals surface area contributed by atoms with Crippen LogP contribution in [0.15, 0.2) is 82.1 Å². The third-order valence-electron chi connectivity index (χ3n) is 4.61. The van der Waals surface area contributed by atoms with E-state index in [-0.39, 0.29) is 18.0 Å². The van der Waals surface area contributed by atoms with Crippen LogP contribution < -0.4 is 10.9 Å². The van der Waals surface area contributed by atoms with Gasteiger partial charge in [0.1, 0.15) is 6.54 Å². The Morgan fingerprint density at radius 2 is 1.62 bits per heavy atom. The lowest BCUT2D eigenvalue weighted by Crippen LogP contribution is -2.30. The standard InChI is InChI=1S/C23H18BrN3O2/c1-15-6-12-18(13-7-15)25-21(28)14-27-23(29)20-5-3-2-4-19(20)22(26-27)16-8-10-17(24)11-9-16/h2-13H,14H2,1H3,(H,25,28). The summed E-state index contributed by atoms with van der Waals surface area (Å²) in [6, 6.07) is 22.5. The van der Waals surface area contributed by atoms with Crippen LogP contribution in [-0.4, -0.2) is 15.7 Å². The van der Waals surface area contributed by atoms with Crippen LogP contribution in [0.2, 0.25) is 0 Å². The molecule has 6 heteroatoms. The van der Waals surface area contributed by atoms with Gasteiger partial charge in [0.2, 0.25) is 5.91 Å². The first-order valence-corrected chi connectivity index (χ1v) is 9.93. The topological polar surface area (TPSA) is 64.0 Å². The van der Waals surface area contributed by atoms with Gasteiger partial charge in [0.05, 0.1) is 11.1 Å². The van der Waals surface area contributed by atoms with E-state index in [0.29, 0.717) is 16.8 Å². The highest BCUT2D eigenvalue weighted by atomic mass is 79.9. The molecular formula is C23H18BrN3O2. The predicted octanol–water partition coefficient (Wildman–Crippen LogP) is 4.77. The van der Waals surface area contributed by atoms with E-state index in [0.717, 1.165) is 21.0 Å². The van der Waals surface area contributed by atoms with E-state index in [9.17, 15) is 9.59 Å². The third-order valence-corrected chi connectivity index (χ3v) is 5.14. The number of rotatable bonds is 4. The van der Waals surface area contributed by atoms with Crippen LogP contribution in [0.5, 0.6) is 0 Å². The highest BCUT2D eigenvalue weighted by Gasteiger charge is 2.14. The monoisotopic (exact) mass is 447 g/mol. The number of aromatic nitrogens is 2. The number of benzene rings is 3. The van der Waals surface area contributed by atoms with Crippen molar-refractivity contribution in [3.05, 3.63) is 93.2 Å². The molecule has 4 aromatic rings. The molecule has 0 saturated carbocycles. The molecule has 1 aromatic heterocycles. The largest absolute Gasteiger partial charge is 0.324 e. The Kier molecular flexibility index (Phi) is 5.27. The molecule has 0 aliphatic heterocycles. The summed E-state index contributed by atoms with van der Waals surface area (Å²) in [5, 5.41) is 8.63. The lowest BCUT2D eigenvalue weighted by Gasteiger charge is -2.12. The molecule has 29 heavy (non-hydrogen) atoms. The Morgan fingerprint density at radius 3 is 2.31 bits per heavy atom. The predicted molar refractivity (Wildman–Crippen MR) is 119 cm³/mol. The minimum atomic E-state index is -0.305. The number of carbonyl (C=O) groups is 1. The number of hydrogen-bond donors (Lipinski definition) is 1. The number of nitrogens with zero attached hydrogens (tertiary/aromatic N) is 2. The molecule has 1 amide bonds. The van der Waals surface area contributed by atoms with Crippen molar-refractivity contribution in [3.8, 4) is 11.3 Å². The van der Waals surface area contributed by atoms with E-state index < -0.39 is 0 Å². The molecule has 0 aliphatic carbocycles. The summed E-state index contributed by atoms with van der Waals surface area (Å²) >= 11 is 3.43. The molecule has 0 saturated heterocycles. The van der Waals surface area contributed by atoms with E-state index in [4.69, 9.17) is 0 Å². The quantitative estimate of drug-likeness (QED) is 0.489. The molecule has 0 atom stereocenters. The summed E-state index contributed by atoms with van der Waals surface area (Å²) in [7, 11) is 0. The fourth-order valence-corrected chi connectivity index (χ4v) is 3.40. The lowest BCUT2D eigenvalue weighted by atomic mass is 10.1. The van der Waals surface area contributed by atoms with Gasteiger partial charge in [-0.2, -0.15) is 5.10 Å². The van der Waals surface area contributed by atoms with Crippen molar-refractivity contribution in [1.29, 1.82) is 0 Å². The Balaban J connectivity index is 1.73. The van der Waals surface area contributed by atoms with E-state index in [1.807, 2.05) is 73.7 Å². The van der Waals surface area contributed by atoms with Crippen LogP contribution in [0.1, 0.15) is 5.56 Å². The number of nitrogens with one attached hydrogen (secondary N) is 1. The van der Waals surface area contributed by atoms with Crippen molar-refractivity contribution < 1.29 is 4.79 Å². The van der Waals surface area contributed by atoms with Crippen LogP contribution in [0.4, 0.5) is 5.69 Å². The first kappa shape index (κ1) is 19.1. The SMILES string of the molecule is Cc1ccc(NC(=O)Cn2nc(-c3ccc(Br)cc3)c3ccccc3c2=O)cc1. The van der Waals surface area contributed by atoms with Crippen molar-refractivity contribution in [2.24, 2.45) is 0 Å². The van der Waals surface area contributed by atoms with Gasteiger partial charge >= 0.3 is 0 Å². The Hall–Kier alpha value is -3.25. The van der Waals surface area contributed by atoms with Gasteiger partial charge in [0, 0.05) is 21.1 Å². The fraction of sp³-hybridized carbons (Fsp3) is 0.0870. The van der Waals surface area contributed by atoms with Crippen LogP contribution >= 0.6 is 15.9 Å². The summed E-state index contributed by atoms with van der Waals surface area (Å²) in [5.41, 5.74) is 3.03. The molecule has 0 radical (unpaired) electrons. The molecule has 1 N–H and O–H groups in total. The van der Waals surface area contributed by atoms with Gasteiger partial charge in [0.15, 0.2) is 0 Å². The maximum atomic E-state index is 12.9. The van der Waals surface area contributed by atoms with Gasteiger partial charge in [-0.1, -0.05) is 64.0 Å². The number of fused-ring (bicyclic) bond motifs is 1. The number of amides is 1. The lowest BCUT2D eigenvalue weighted by molar-refractivity contribution is -0.117. The number of anilines is 1. The highest BCUT2D eigenvalue weighted by molar-refractivity contribution is 9.10.